The van der Waals surface area contributed by atoms with Gasteiger partial charge in [-0.3, -0.25) is 5.32 Å². The average molecular weight is 236 g/mol. The van der Waals surface area contributed by atoms with Gasteiger partial charge in [0.15, 0.2) is 0 Å². The number of hydrogen-bond donors (Lipinski definition) is 2. The van der Waals surface area contributed by atoms with Gasteiger partial charge in [-0.1, -0.05) is 42.5 Å². The molecule has 1 atom stereocenters. The van der Waals surface area contributed by atoms with Crippen molar-refractivity contribution in [2.45, 2.75) is 11.8 Å². The highest BCUT2D eigenvalue weighted by Gasteiger charge is 2.35. The van der Waals surface area contributed by atoms with E-state index in [0.29, 0.717) is 0 Å². The van der Waals surface area contributed by atoms with Crippen LogP contribution in [0.15, 0.2) is 53.8 Å². The van der Waals surface area contributed by atoms with E-state index in [1.807, 2.05) is 0 Å². The Balaban J connectivity index is 1.82. The molecule has 1 fully saturated rings. The van der Waals surface area contributed by atoms with Crippen molar-refractivity contribution < 1.29 is 0 Å². The van der Waals surface area contributed by atoms with Crippen molar-refractivity contribution >= 4 is 6.08 Å². The summed E-state index contributed by atoms with van der Waals surface area (Å²) in [5.74, 6) is 0. The molecule has 0 saturated carbocycles. The fraction of sp³-hybridized carbons (Fsp3) is 0.250. The molecule has 1 heterocycles. The highest BCUT2D eigenvalue weighted by atomic mass is 15.1. The third-order valence-corrected chi connectivity index (χ3v) is 4.18. The Kier molecular flexibility index (Phi) is 2.03. The standard InChI is InChI=1S/C16H16N2/c1-2-4-14-12(3-1)5-7-16(14)8-6-13-10-17-11-18-15(13)9-16/h1-7,9,17-18H,8,10-11H2. The number of hydrogen-bond acceptors (Lipinski definition) is 2. The first kappa shape index (κ1) is 10.2. The van der Waals surface area contributed by atoms with Crippen molar-refractivity contribution in [1.29, 1.82) is 0 Å². The fourth-order valence-electron chi connectivity index (χ4n) is 3.20. The number of benzene rings is 1. The Labute approximate surface area is 107 Å². The van der Waals surface area contributed by atoms with E-state index in [1.165, 1.54) is 22.4 Å². The quantitative estimate of drug-likeness (QED) is 0.722. The van der Waals surface area contributed by atoms with E-state index in [4.69, 9.17) is 0 Å². The zero-order chi connectivity index (χ0) is 12.0. The van der Waals surface area contributed by atoms with Crippen LogP contribution in [0.2, 0.25) is 0 Å². The third kappa shape index (κ3) is 1.33. The van der Waals surface area contributed by atoms with Crippen LogP contribution in [-0.4, -0.2) is 13.2 Å². The predicted molar refractivity (Wildman–Crippen MR) is 73.9 cm³/mol. The molecule has 1 aliphatic heterocycles. The molecular formula is C16H16N2. The van der Waals surface area contributed by atoms with Gasteiger partial charge in [0.25, 0.3) is 0 Å². The van der Waals surface area contributed by atoms with Crippen molar-refractivity contribution in [1.82, 2.24) is 10.6 Å². The third-order valence-electron chi connectivity index (χ3n) is 4.18. The van der Waals surface area contributed by atoms with Gasteiger partial charge >= 0.3 is 0 Å². The van der Waals surface area contributed by atoms with Crippen LogP contribution in [-0.2, 0) is 5.41 Å². The molecule has 3 aliphatic rings. The van der Waals surface area contributed by atoms with Gasteiger partial charge in [-0.15, -0.1) is 0 Å². The van der Waals surface area contributed by atoms with E-state index in [1.54, 1.807) is 0 Å². The van der Waals surface area contributed by atoms with Gasteiger partial charge in [0.2, 0.25) is 0 Å². The van der Waals surface area contributed by atoms with Crippen molar-refractivity contribution in [2.24, 2.45) is 0 Å². The molecule has 2 heteroatoms. The first-order valence-corrected chi connectivity index (χ1v) is 6.53. The number of allylic oxidation sites excluding steroid dienone is 3. The van der Waals surface area contributed by atoms with Crippen molar-refractivity contribution in [3.8, 4) is 0 Å². The van der Waals surface area contributed by atoms with E-state index >= 15 is 0 Å². The molecule has 0 bridgehead atoms. The lowest BCUT2D eigenvalue weighted by Gasteiger charge is -2.33. The molecule has 1 saturated heterocycles. The molecule has 18 heavy (non-hydrogen) atoms. The van der Waals surface area contributed by atoms with Gasteiger partial charge in [0, 0.05) is 17.7 Å². The highest BCUT2D eigenvalue weighted by Crippen LogP contribution is 2.43. The minimum atomic E-state index is 0.0831. The van der Waals surface area contributed by atoms with Crippen LogP contribution in [0.25, 0.3) is 6.08 Å². The molecule has 1 spiro atoms. The monoisotopic (exact) mass is 236 g/mol. The summed E-state index contributed by atoms with van der Waals surface area (Å²) in [6, 6.07) is 8.71. The molecule has 2 nitrogen and oxygen atoms in total. The lowest BCUT2D eigenvalue weighted by molar-refractivity contribution is 0.580. The summed E-state index contributed by atoms with van der Waals surface area (Å²) in [6.07, 6.45) is 10.5. The van der Waals surface area contributed by atoms with Gasteiger partial charge in [0.1, 0.15) is 0 Å². The zero-order valence-electron chi connectivity index (χ0n) is 10.2. The fourth-order valence-corrected chi connectivity index (χ4v) is 3.20. The summed E-state index contributed by atoms with van der Waals surface area (Å²) >= 11 is 0. The molecule has 1 unspecified atom stereocenters. The summed E-state index contributed by atoms with van der Waals surface area (Å²) < 4.78 is 0. The molecule has 2 aliphatic carbocycles. The minimum Gasteiger partial charge on any atom is -0.372 e. The molecule has 0 radical (unpaired) electrons. The number of fused-ring (bicyclic) bond motifs is 3. The Bertz CT molecular complexity index is 595. The molecule has 4 rings (SSSR count). The van der Waals surface area contributed by atoms with Gasteiger partial charge in [-0.25, -0.2) is 0 Å². The molecule has 90 valence electrons. The summed E-state index contributed by atoms with van der Waals surface area (Å²) in [5, 5.41) is 6.79. The van der Waals surface area contributed by atoms with Crippen molar-refractivity contribution in [2.75, 3.05) is 13.2 Å². The van der Waals surface area contributed by atoms with Crippen LogP contribution in [0, 0.1) is 0 Å². The maximum absolute atomic E-state index is 3.45. The summed E-state index contributed by atoms with van der Waals surface area (Å²) in [5.41, 5.74) is 5.60. The molecule has 1 aromatic carbocycles. The van der Waals surface area contributed by atoms with Gasteiger partial charge in [-0.2, -0.15) is 0 Å². The molecule has 1 aromatic rings. The lowest BCUT2D eigenvalue weighted by atomic mass is 9.75. The van der Waals surface area contributed by atoms with Gasteiger partial charge < -0.3 is 5.32 Å². The second-order valence-corrected chi connectivity index (χ2v) is 5.23. The minimum absolute atomic E-state index is 0.0831. The summed E-state index contributed by atoms with van der Waals surface area (Å²) in [7, 11) is 0. The predicted octanol–water partition coefficient (Wildman–Crippen LogP) is 2.32. The Hall–Kier alpha value is -1.80. The molecule has 0 amide bonds. The van der Waals surface area contributed by atoms with Crippen LogP contribution in [0.4, 0.5) is 0 Å². The van der Waals surface area contributed by atoms with E-state index in [2.05, 4.69) is 59.2 Å². The maximum Gasteiger partial charge on any atom is 0.0655 e. The lowest BCUT2D eigenvalue weighted by Crippen LogP contribution is -2.40. The highest BCUT2D eigenvalue weighted by molar-refractivity contribution is 5.68. The first-order chi connectivity index (χ1) is 8.87. The van der Waals surface area contributed by atoms with E-state index < -0.39 is 0 Å². The second kappa shape index (κ2) is 3.59. The summed E-state index contributed by atoms with van der Waals surface area (Å²) in [4.78, 5) is 0. The zero-order valence-corrected chi connectivity index (χ0v) is 10.2. The first-order valence-electron chi connectivity index (χ1n) is 6.53. The van der Waals surface area contributed by atoms with Crippen LogP contribution in [0.3, 0.4) is 0 Å². The topological polar surface area (TPSA) is 24.1 Å². The molecule has 2 N–H and O–H groups in total. The Morgan fingerprint density at radius 1 is 1.17 bits per heavy atom. The normalized spacial score (nSPS) is 28.2. The van der Waals surface area contributed by atoms with Crippen LogP contribution < -0.4 is 10.6 Å². The van der Waals surface area contributed by atoms with E-state index in [0.717, 1.165) is 19.6 Å². The maximum atomic E-state index is 3.45. The molecule has 0 aromatic heterocycles. The van der Waals surface area contributed by atoms with Crippen LogP contribution in [0.5, 0.6) is 0 Å². The van der Waals surface area contributed by atoms with Crippen LogP contribution >= 0.6 is 0 Å². The molecular weight excluding hydrogens is 220 g/mol. The van der Waals surface area contributed by atoms with Gasteiger partial charge in [0.05, 0.1) is 6.67 Å². The SMILES string of the molecule is C1=CC2(C=C3NCNCC3=CC2)c2ccccc21. The van der Waals surface area contributed by atoms with E-state index in [-0.39, 0.29) is 5.41 Å². The van der Waals surface area contributed by atoms with Crippen molar-refractivity contribution in [3.63, 3.8) is 0 Å². The second-order valence-electron chi connectivity index (χ2n) is 5.23. The summed E-state index contributed by atoms with van der Waals surface area (Å²) in [6.45, 7) is 1.85. The Morgan fingerprint density at radius 3 is 3.11 bits per heavy atom. The van der Waals surface area contributed by atoms with E-state index in [9.17, 15) is 0 Å². The van der Waals surface area contributed by atoms with Gasteiger partial charge in [-0.05, 0) is 29.2 Å². The number of nitrogens with one attached hydrogen (secondary N) is 2. The Morgan fingerprint density at radius 2 is 2.11 bits per heavy atom. The van der Waals surface area contributed by atoms with Crippen LogP contribution in [0.1, 0.15) is 17.5 Å². The van der Waals surface area contributed by atoms with Crippen molar-refractivity contribution in [3.05, 3.63) is 64.9 Å². The number of rotatable bonds is 0. The smallest absolute Gasteiger partial charge is 0.0655 e. The average Bonchev–Trinajstić information content (AvgIpc) is 2.78. The largest absolute Gasteiger partial charge is 0.372 e.